The smallest absolute Gasteiger partial charge is 0.338 e. The van der Waals surface area contributed by atoms with E-state index in [1.54, 1.807) is 26.4 Å². The van der Waals surface area contributed by atoms with E-state index in [9.17, 15) is 4.79 Å². The fraction of sp³-hybridized carbons (Fsp3) is 0.462. The van der Waals surface area contributed by atoms with E-state index in [0.717, 1.165) is 0 Å². The van der Waals surface area contributed by atoms with Crippen LogP contribution in [0.15, 0.2) is 30.3 Å². The minimum absolute atomic E-state index is 0.231. The molecule has 4 nitrogen and oxygen atoms in total. The molecule has 0 radical (unpaired) electrons. The molecule has 0 spiro atoms. The van der Waals surface area contributed by atoms with Gasteiger partial charge in [-0.15, -0.1) is 0 Å². The Morgan fingerprint density at radius 2 is 1.82 bits per heavy atom. The summed E-state index contributed by atoms with van der Waals surface area (Å²) in [5, 5.41) is 0. The molecule has 94 valence electrons. The number of hydrogen-bond donors (Lipinski definition) is 0. The van der Waals surface area contributed by atoms with Crippen LogP contribution in [0.2, 0.25) is 0 Å². The fourth-order valence-electron chi connectivity index (χ4n) is 1.40. The van der Waals surface area contributed by atoms with Gasteiger partial charge in [-0.05, 0) is 18.6 Å². The standard InChI is InChI=1S/C13H18O4/c1-15-12(16-2)9-6-10-17-13(14)11-7-4-3-5-8-11/h3-5,7-8,12H,6,9-10H2,1-2H3. The molecule has 0 N–H and O–H groups in total. The molecule has 0 bridgehead atoms. The maximum atomic E-state index is 11.5. The summed E-state index contributed by atoms with van der Waals surface area (Å²) >= 11 is 0. The second-order valence-corrected chi connectivity index (χ2v) is 3.55. The number of rotatable bonds is 7. The first kappa shape index (κ1) is 13.7. The third-order valence-corrected chi connectivity index (χ3v) is 2.35. The lowest BCUT2D eigenvalue weighted by atomic mass is 10.2. The van der Waals surface area contributed by atoms with E-state index in [1.807, 2.05) is 18.2 Å². The normalized spacial score (nSPS) is 10.5. The maximum absolute atomic E-state index is 11.5. The number of benzene rings is 1. The lowest BCUT2D eigenvalue weighted by Gasteiger charge is -2.12. The van der Waals surface area contributed by atoms with Crippen LogP contribution < -0.4 is 0 Å². The van der Waals surface area contributed by atoms with Gasteiger partial charge in [0.2, 0.25) is 0 Å². The van der Waals surface area contributed by atoms with Crippen molar-refractivity contribution in [3.63, 3.8) is 0 Å². The summed E-state index contributed by atoms with van der Waals surface area (Å²) in [6.07, 6.45) is 1.19. The summed E-state index contributed by atoms with van der Waals surface area (Å²) in [7, 11) is 3.17. The van der Waals surface area contributed by atoms with Gasteiger partial charge in [0.1, 0.15) is 0 Å². The Labute approximate surface area is 101 Å². The molecule has 0 heterocycles. The number of carbonyl (C=O) groups excluding carboxylic acids is 1. The van der Waals surface area contributed by atoms with Gasteiger partial charge in [0.05, 0.1) is 12.2 Å². The molecule has 1 aromatic carbocycles. The van der Waals surface area contributed by atoms with Crippen LogP contribution in [0.3, 0.4) is 0 Å². The minimum atomic E-state index is -0.294. The van der Waals surface area contributed by atoms with Crippen LogP contribution in [0.5, 0.6) is 0 Å². The number of ether oxygens (including phenoxy) is 3. The Bertz CT molecular complexity index is 319. The van der Waals surface area contributed by atoms with Gasteiger partial charge in [-0.2, -0.15) is 0 Å². The van der Waals surface area contributed by atoms with Crippen molar-refractivity contribution in [2.24, 2.45) is 0 Å². The summed E-state index contributed by atoms with van der Waals surface area (Å²) in [4.78, 5) is 11.5. The van der Waals surface area contributed by atoms with Crippen molar-refractivity contribution in [2.45, 2.75) is 19.1 Å². The van der Waals surface area contributed by atoms with Gasteiger partial charge in [-0.25, -0.2) is 4.79 Å². The van der Waals surface area contributed by atoms with Gasteiger partial charge in [0.15, 0.2) is 6.29 Å². The average Bonchev–Trinajstić information content (AvgIpc) is 2.40. The third-order valence-electron chi connectivity index (χ3n) is 2.35. The van der Waals surface area contributed by atoms with Gasteiger partial charge in [0.25, 0.3) is 0 Å². The van der Waals surface area contributed by atoms with Gasteiger partial charge in [-0.1, -0.05) is 18.2 Å². The zero-order valence-electron chi connectivity index (χ0n) is 10.2. The second-order valence-electron chi connectivity index (χ2n) is 3.55. The van der Waals surface area contributed by atoms with Crippen molar-refractivity contribution in [3.05, 3.63) is 35.9 Å². The van der Waals surface area contributed by atoms with E-state index in [1.165, 1.54) is 0 Å². The van der Waals surface area contributed by atoms with Crippen molar-refractivity contribution < 1.29 is 19.0 Å². The molecule has 0 aromatic heterocycles. The summed E-state index contributed by atoms with van der Waals surface area (Å²) < 4.78 is 15.2. The van der Waals surface area contributed by atoms with E-state index in [2.05, 4.69) is 0 Å². The first-order valence-corrected chi connectivity index (χ1v) is 5.55. The Morgan fingerprint density at radius 1 is 1.18 bits per heavy atom. The van der Waals surface area contributed by atoms with Crippen molar-refractivity contribution >= 4 is 5.97 Å². The lowest BCUT2D eigenvalue weighted by molar-refractivity contribution is -0.108. The molecule has 4 heteroatoms. The van der Waals surface area contributed by atoms with Crippen LogP contribution in [0.25, 0.3) is 0 Å². The first-order valence-electron chi connectivity index (χ1n) is 5.55. The topological polar surface area (TPSA) is 44.8 Å². The van der Waals surface area contributed by atoms with Crippen molar-refractivity contribution in [1.29, 1.82) is 0 Å². The van der Waals surface area contributed by atoms with Gasteiger partial charge in [-0.3, -0.25) is 0 Å². The highest BCUT2D eigenvalue weighted by Gasteiger charge is 2.07. The monoisotopic (exact) mass is 238 g/mol. The van der Waals surface area contributed by atoms with E-state index < -0.39 is 0 Å². The Kier molecular flexibility index (Phi) is 6.29. The molecule has 17 heavy (non-hydrogen) atoms. The van der Waals surface area contributed by atoms with Crippen molar-refractivity contribution in [3.8, 4) is 0 Å². The number of methoxy groups -OCH3 is 2. The van der Waals surface area contributed by atoms with E-state index in [0.29, 0.717) is 25.0 Å². The SMILES string of the molecule is COC(CCCOC(=O)c1ccccc1)OC. The summed E-state index contributed by atoms with van der Waals surface area (Å²) in [6.45, 7) is 0.372. The Hall–Kier alpha value is -1.39. The molecule has 0 aliphatic carbocycles. The van der Waals surface area contributed by atoms with Crippen LogP contribution in [-0.4, -0.2) is 33.1 Å². The van der Waals surface area contributed by atoms with Gasteiger partial charge in [0, 0.05) is 20.6 Å². The molecule has 0 aliphatic rings. The summed E-state index contributed by atoms with van der Waals surface area (Å²) in [6, 6.07) is 8.94. The predicted octanol–water partition coefficient (Wildman–Crippen LogP) is 2.24. The predicted molar refractivity (Wildman–Crippen MR) is 63.8 cm³/mol. The number of esters is 1. The molecular weight excluding hydrogens is 220 g/mol. The lowest BCUT2D eigenvalue weighted by Crippen LogP contribution is -2.14. The summed E-state index contributed by atoms with van der Waals surface area (Å²) in [5.74, 6) is -0.294. The molecule has 0 amide bonds. The Balaban J connectivity index is 2.21. The highest BCUT2D eigenvalue weighted by Crippen LogP contribution is 2.05. The number of carbonyl (C=O) groups is 1. The van der Waals surface area contributed by atoms with Crippen molar-refractivity contribution in [1.82, 2.24) is 0 Å². The molecule has 0 saturated heterocycles. The Morgan fingerprint density at radius 3 is 2.41 bits per heavy atom. The molecular formula is C13H18O4. The van der Waals surface area contributed by atoms with Crippen LogP contribution in [0.1, 0.15) is 23.2 Å². The molecule has 0 unspecified atom stereocenters. The summed E-state index contributed by atoms with van der Waals surface area (Å²) in [5.41, 5.74) is 0.572. The highest BCUT2D eigenvalue weighted by atomic mass is 16.7. The van der Waals surface area contributed by atoms with E-state index >= 15 is 0 Å². The molecule has 1 aromatic rings. The van der Waals surface area contributed by atoms with Gasteiger partial charge < -0.3 is 14.2 Å². The fourth-order valence-corrected chi connectivity index (χ4v) is 1.40. The first-order chi connectivity index (χ1) is 8.27. The quantitative estimate of drug-likeness (QED) is 0.415. The van der Waals surface area contributed by atoms with E-state index in [-0.39, 0.29) is 12.3 Å². The van der Waals surface area contributed by atoms with Crippen LogP contribution in [0.4, 0.5) is 0 Å². The molecule has 0 fully saturated rings. The maximum Gasteiger partial charge on any atom is 0.338 e. The van der Waals surface area contributed by atoms with Gasteiger partial charge >= 0.3 is 5.97 Å². The highest BCUT2D eigenvalue weighted by molar-refractivity contribution is 5.89. The van der Waals surface area contributed by atoms with Crippen molar-refractivity contribution in [2.75, 3.05) is 20.8 Å². The van der Waals surface area contributed by atoms with Crippen LogP contribution in [-0.2, 0) is 14.2 Å². The zero-order chi connectivity index (χ0) is 12.5. The zero-order valence-corrected chi connectivity index (χ0v) is 10.2. The molecule has 0 aliphatic heterocycles. The van der Waals surface area contributed by atoms with Crippen LogP contribution >= 0.6 is 0 Å². The average molecular weight is 238 g/mol. The van der Waals surface area contributed by atoms with Crippen LogP contribution in [0, 0.1) is 0 Å². The number of hydrogen-bond acceptors (Lipinski definition) is 4. The van der Waals surface area contributed by atoms with E-state index in [4.69, 9.17) is 14.2 Å². The largest absolute Gasteiger partial charge is 0.462 e. The molecule has 0 saturated carbocycles. The molecule has 1 rings (SSSR count). The third kappa shape index (κ3) is 4.97. The minimum Gasteiger partial charge on any atom is -0.462 e. The molecule has 0 atom stereocenters. The second kappa shape index (κ2) is 7.81.